The number of nitrogens with one attached hydrogen (secondary N) is 1. The molecule has 0 fully saturated rings. The predicted octanol–water partition coefficient (Wildman–Crippen LogP) is 4.23. The molecule has 1 atom stereocenters. The zero-order valence-corrected chi connectivity index (χ0v) is 12.9. The van der Waals surface area contributed by atoms with Gasteiger partial charge in [0, 0.05) is 10.7 Å². The number of para-hydroxylation sites is 1. The summed E-state index contributed by atoms with van der Waals surface area (Å²) in [7, 11) is 0. The van der Waals surface area contributed by atoms with E-state index in [9.17, 15) is 4.79 Å². The van der Waals surface area contributed by atoms with Crippen molar-refractivity contribution in [1.82, 2.24) is 0 Å². The third kappa shape index (κ3) is 3.56. The van der Waals surface area contributed by atoms with Gasteiger partial charge >= 0.3 is 5.97 Å². The van der Waals surface area contributed by atoms with Gasteiger partial charge in [0.1, 0.15) is 0 Å². The number of hydrogen-bond acceptors (Lipinski definition) is 3. The maximum absolute atomic E-state index is 12.4. The Morgan fingerprint density at radius 3 is 2.33 bits per heavy atom. The molecule has 1 unspecified atom stereocenters. The molecule has 0 radical (unpaired) electrons. The highest BCUT2D eigenvalue weighted by Crippen LogP contribution is 2.28. The number of esters is 1. The van der Waals surface area contributed by atoms with E-state index >= 15 is 0 Å². The van der Waals surface area contributed by atoms with Crippen LogP contribution in [0.1, 0.15) is 19.4 Å². The van der Waals surface area contributed by atoms with E-state index in [2.05, 4.69) is 5.32 Å². The van der Waals surface area contributed by atoms with E-state index in [1.165, 1.54) is 0 Å². The van der Waals surface area contributed by atoms with E-state index in [-0.39, 0.29) is 5.97 Å². The first-order chi connectivity index (χ1) is 10.1. The van der Waals surface area contributed by atoms with Gasteiger partial charge in [-0.25, -0.2) is 4.79 Å². The number of anilines is 1. The third-order valence-corrected chi connectivity index (χ3v) is 3.53. The average molecular weight is 304 g/mol. The molecule has 0 aromatic heterocycles. The summed E-state index contributed by atoms with van der Waals surface area (Å²) in [4.78, 5) is 12.4. The van der Waals surface area contributed by atoms with Crippen molar-refractivity contribution in [3.05, 3.63) is 65.2 Å². The number of carbonyl (C=O) groups is 1. The zero-order valence-electron chi connectivity index (χ0n) is 12.1. The molecule has 21 heavy (non-hydrogen) atoms. The van der Waals surface area contributed by atoms with Crippen LogP contribution in [-0.4, -0.2) is 12.6 Å². The fourth-order valence-electron chi connectivity index (χ4n) is 2.11. The van der Waals surface area contributed by atoms with Gasteiger partial charge in [-0.05, 0) is 43.7 Å². The second-order valence-corrected chi connectivity index (χ2v) is 5.28. The van der Waals surface area contributed by atoms with Crippen LogP contribution in [0.4, 0.5) is 5.69 Å². The van der Waals surface area contributed by atoms with Crippen LogP contribution in [0.5, 0.6) is 0 Å². The Bertz CT molecular complexity index is 598. The van der Waals surface area contributed by atoms with Crippen LogP contribution in [-0.2, 0) is 15.1 Å². The molecule has 0 aliphatic rings. The zero-order chi connectivity index (χ0) is 15.3. The lowest BCUT2D eigenvalue weighted by atomic mass is 9.91. The molecule has 1 N–H and O–H groups in total. The number of carbonyl (C=O) groups excluding carboxylic acids is 1. The van der Waals surface area contributed by atoms with Gasteiger partial charge in [0.15, 0.2) is 5.54 Å². The average Bonchev–Trinajstić information content (AvgIpc) is 2.49. The summed E-state index contributed by atoms with van der Waals surface area (Å²) in [5.41, 5.74) is 0.680. The number of benzene rings is 2. The highest BCUT2D eigenvalue weighted by molar-refractivity contribution is 6.30. The topological polar surface area (TPSA) is 38.3 Å². The summed E-state index contributed by atoms with van der Waals surface area (Å²) in [5, 5.41) is 3.89. The lowest BCUT2D eigenvalue weighted by Gasteiger charge is -2.30. The highest BCUT2D eigenvalue weighted by atomic mass is 35.5. The van der Waals surface area contributed by atoms with Crippen LogP contribution in [0.15, 0.2) is 54.6 Å². The molecule has 4 heteroatoms. The molecule has 2 rings (SSSR count). The Labute approximate surface area is 129 Å². The van der Waals surface area contributed by atoms with E-state index in [1.54, 1.807) is 26.0 Å². The lowest BCUT2D eigenvalue weighted by molar-refractivity contribution is -0.148. The summed E-state index contributed by atoms with van der Waals surface area (Å²) < 4.78 is 5.23. The van der Waals surface area contributed by atoms with Crippen molar-refractivity contribution in [2.75, 3.05) is 11.9 Å². The number of halogens is 1. The standard InChI is InChI=1S/C17H18ClNO2/c1-3-21-16(20)17(2,13-9-11-14(18)12-10-13)19-15-7-5-4-6-8-15/h4-12,19H,3H2,1-2H3. The Balaban J connectivity index is 2.38. The lowest BCUT2D eigenvalue weighted by Crippen LogP contribution is -2.42. The first kappa shape index (κ1) is 15.4. The van der Waals surface area contributed by atoms with E-state index < -0.39 is 5.54 Å². The van der Waals surface area contributed by atoms with E-state index in [0.717, 1.165) is 11.3 Å². The second kappa shape index (κ2) is 6.64. The van der Waals surface area contributed by atoms with Gasteiger partial charge in [0.25, 0.3) is 0 Å². The maximum Gasteiger partial charge on any atom is 0.336 e. The van der Waals surface area contributed by atoms with Crippen molar-refractivity contribution in [1.29, 1.82) is 0 Å². The van der Waals surface area contributed by atoms with Crippen molar-refractivity contribution in [3.8, 4) is 0 Å². The van der Waals surface area contributed by atoms with Gasteiger partial charge in [-0.3, -0.25) is 0 Å². The van der Waals surface area contributed by atoms with Gasteiger partial charge in [-0.1, -0.05) is 41.9 Å². The van der Waals surface area contributed by atoms with Gasteiger partial charge in [0.05, 0.1) is 6.61 Å². The Kier molecular flexibility index (Phi) is 4.86. The molecule has 0 aliphatic heterocycles. The summed E-state index contributed by atoms with van der Waals surface area (Å²) in [6.07, 6.45) is 0. The molecule has 110 valence electrons. The minimum Gasteiger partial charge on any atom is -0.464 e. The molecule has 0 saturated heterocycles. The van der Waals surface area contributed by atoms with Crippen LogP contribution in [0.25, 0.3) is 0 Å². The third-order valence-electron chi connectivity index (χ3n) is 3.27. The van der Waals surface area contributed by atoms with Crippen molar-refractivity contribution in [2.24, 2.45) is 0 Å². The van der Waals surface area contributed by atoms with E-state index in [1.807, 2.05) is 42.5 Å². The molecular weight excluding hydrogens is 286 g/mol. The molecule has 0 aliphatic carbocycles. The Morgan fingerprint density at radius 2 is 1.76 bits per heavy atom. The fraction of sp³-hybridized carbons (Fsp3) is 0.235. The summed E-state index contributed by atoms with van der Waals surface area (Å²) >= 11 is 5.93. The Morgan fingerprint density at radius 1 is 1.14 bits per heavy atom. The van der Waals surface area contributed by atoms with Crippen LogP contribution >= 0.6 is 11.6 Å². The number of ether oxygens (including phenoxy) is 1. The van der Waals surface area contributed by atoms with Crippen LogP contribution in [0.2, 0.25) is 5.02 Å². The van der Waals surface area contributed by atoms with E-state index in [4.69, 9.17) is 16.3 Å². The Hall–Kier alpha value is -2.00. The quantitative estimate of drug-likeness (QED) is 0.840. The summed E-state index contributed by atoms with van der Waals surface area (Å²) in [6, 6.07) is 16.8. The van der Waals surface area contributed by atoms with Gasteiger partial charge in [0.2, 0.25) is 0 Å². The van der Waals surface area contributed by atoms with Crippen LogP contribution in [0, 0.1) is 0 Å². The SMILES string of the molecule is CCOC(=O)C(C)(Nc1ccccc1)c1ccc(Cl)cc1. The van der Waals surface area contributed by atoms with Crippen molar-refractivity contribution in [3.63, 3.8) is 0 Å². The first-order valence-corrected chi connectivity index (χ1v) is 7.20. The van der Waals surface area contributed by atoms with Crippen LogP contribution < -0.4 is 5.32 Å². The molecular formula is C17H18ClNO2. The van der Waals surface area contributed by atoms with Gasteiger partial charge in [-0.15, -0.1) is 0 Å². The van der Waals surface area contributed by atoms with Crippen molar-refractivity contribution >= 4 is 23.3 Å². The maximum atomic E-state index is 12.4. The summed E-state index contributed by atoms with van der Waals surface area (Å²) in [5.74, 6) is -0.323. The monoisotopic (exact) mass is 303 g/mol. The predicted molar refractivity (Wildman–Crippen MR) is 85.5 cm³/mol. The van der Waals surface area contributed by atoms with Gasteiger partial charge in [-0.2, -0.15) is 0 Å². The molecule has 0 bridgehead atoms. The molecule has 0 spiro atoms. The first-order valence-electron chi connectivity index (χ1n) is 6.83. The molecule has 0 amide bonds. The van der Waals surface area contributed by atoms with Crippen molar-refractivity contribution < 1.29 is 9.53 Å². The van der Waals surface area contributed by atoms with Gasteiger partial charge < -0.3 is 10.1 Å². The van der Waals surface area contributed by atoms with Crippen LogP contribution in [0.3, 0.4) is 0 Å². The molecule has 0 saturated carbocycles. The van der Waals surface area contributed by atoms with Crippen molar-refractivity contribution in [2.45, 2.75) is 19.4 Å². The highest BCUT2D eigenvalue weighted by Gasteiger charge is 2.36. The second-order valence-electron chi connectivity index (χ2n) is 4.84. The minimum atomic E-state index is -0.970. The smallest absolute Gasteiger partial charge is 0.336 e. The minimum absolute atomic E-state index is 0.323. The molecule has 0 heterocycles. The molecule has 2 aromatic rings. The normalized spacial score (nSPS) is 13.3. The number of hydrogen-bond donors (Lipinski definition) is 1. The largest absolute Gasteiger partial charge is 0.464 e. The molecule has 3 nitrogen and oxygen atoms in total. The van der Waals surface area contributed by atoms with E-state index in [0.29, 0.717) is 11.6 Å². The fourth-order valence-corrected chi connectivity index (χ4v) is 2.24. The molecule has 2 aromatic carbocycles. The summed E-state index contributed by atoms with van der Waals surface area (Å²) in [6.45, 7) is 3.93. The number of rotatable bonds is 5.